The molecule has 0 aliphatic carbocycles. The van der Waals surface area contributed by atoms with Gasteiger partial charge in [-0.05, 0) is 23.8 Å². The summed E-state index contributed by atoms with van der Waals surface area (Å²) in [4.78, 5) is 14.8. The number of nitrogens with one attached hydrogen (secondary N) is 1. The van der Waals surface area contributed by atoms with Gasteiger partial charge in [0.15, 0.2) is 5.13 Å². The zero-order valence-electron chi connectivity index (χ0n) is 10.7. The standard InChI is InChI=1S/C14H10ClN3O2S/c15-10-3-1-9(2-4-10)8-16-14-17-12-6-5-11(18(19)20)7-13(12)21-14/h1-7H,8H2,(H,16,17). The number of halogens is 1. The van der Waals surface area contributed by atoms with Crippen LogP contribution in [0.4, 0.5) is 10.8 Å². The number of hydrogen-bond donors (Lipinski definition) is 1. The van der Waals surface area contributed by atoms with Crippen molar-refractivity contribution in [1.29, 1.82) is 0 Å². The minimum Gasteiger partial charge on any atom is -0.357 e. The maximum Gasteiger partial charge on any atom is 0.270 e. The van der Waals surface area contributed by atoms with Crippen LogP contribution in [0.25, 0.3) is 10.2 Å². The molecule has 1 N–H and O–H groups in total. The van der Waals surface area contributed by atoms with Crippen LogP contribution in [0.1, 0.15) is 5.56 Å². The second-order valence-corrected chi connectivity index (χ2v) is 5.88. The van der Waals surface area contributed by atoms with Gasteiger partial charge in [-0.2, -0.15) is 0 Å². The average Bonchev–Trinajstić information content (AvgIpc) is 2.88. The van der Waals surface area contributed by atoms with E-state index in [2.05, 4.69) is 10.3 Å². The molecule has 3 aromatic rings. The SMILES string of the molecule is O=[N+]([O-])c1ccc2nc(NCc3ccc(Cl)cc3)sc2c1. The molecule has 0 unspecified atom stereocenters. The fourth-order valence-electron chi connectivity index (χ4n) is 1.88. The van der Waals surface area contributed by atoms with E-state index in [4.69, 9.17) is 11.6 Å². The molecule has 0 aliphatic rings. The molecule has 2 aromatic carbocycles. The van der Waals surface area contributed by atoms with Crippen LogP contribution < -0.4 is 5.32 Å². The van der Waals surface area contributed by atoms with Crippen LogP contribution in [0, 0.1) is 10.1 Å². The molecule has 5 nitrogen and oxygen atoms in total. The molecule has 0 saturated heterocycles. The molecule has 3 rings (SSSR count). The van der Waals surface area contributed by atoms with E-state index in [1.807, 2.05) is 24.3 Å². The third-order valence-electron chi connectivity index (χ3n) is 2.94. The Kier molecular flexibility index (Phi) is 3.72. The lowest BCUT2D eigenvalue weighted by Gasteiger charge is -2.02. The lowest BCUT2D eigenvalue weighted by molar-refractivity contribution is -0.384. The average molecular weight is 320 g/mol. The number of fused-ring (bicyclic) bond motifs is 1. The topological polar surface area (TPSA) is 68.1 Å². The Morgan fingerprint density at radius 2 is 2.00 bits per heavy atom. The van der Waals surface area contributed by atoms with Crippen LogP contribution in [0.5, 0.6) is 0 Å². The number of hydrogen-bond acceptors (Lipinski definition) is 5. The summed E-state index contributed by atoms with van der Waals surface area (Å²) in [7, 11) is 0. The fourth-order valence-corrected chi connectivity index (χ4v) is 2.90. The molecular formula is C14H10ClN3O2S. The smallest absolute Gasteiger partial charge is 0.270 e. The Hall–Kier alpha value is -2.18. The second-order valence-electron chi connectivity index (χ2n) is 4.41. The summed E-state index contributed by atoms with van der Waals surface area (Å²) in [5, 5.41) is 15.4. The molecule has 0 bridgehead atoms. The van der Waals surface area contributed by atoms with E-state index in [1.54, 1.807) is 12.1 Å². The zero-order chi connectivity index (χ0) is 14.8. The van der Waals surface area contributed by atoms with E-state index >= 15 is 0 Å². The quantitative estimate of drug-likeness (QED) is 0.569. The Labute approximate surface area is 129 Å². The molecule has 0 saturated carbocycles. The highest BCUT2D eigenvalue weighted by atomic mass is 35.5. The van der Waals surface area contributed by atoms with Crippen molar-refractivity contribution in [3.8, 4) is 0 Å². The highest BCUT2D eigenvalue weighted by Crippen LogP contribution is 2.29. The molecule has 0 atom stereocenters. The van der Waals surface area contributed by atoms with Gasteiger partial charge in [-0.3, -0.25) is 10.1 Å². The molecule has 7 heteroatoms. The lowest BCUT2D eigenvalue weighted by atomic mass is 10.2. The number of thiazole rings is 1. The number of nitro groups is 1. The summed E-state index contributed by atoms with van der Waals surface area (Å²) in [6, 6.07) is 12.2. The number of anilines is 1. The molecule has 0 radical (unpaired) electrons. The Bertz CT molecular complexity index is 802. The molecule has 0 spiro atoms. The Morgan fingerprint density at radius 1 is 1.24 bits per heavy atom. The second kappa shape index (κ2) is 5.67. The van der Waals surface area contributed by atoms with Crippen molar-refractivity contribution in [2.24, 2.45) is 0 Å². The van der Waals surface area contributed by atoms with Gasteiger partial charge in [0, 0.05) is 23.7 Å². The van der Waals surface area contributed by atoms with Gasteiger partial charge < -0.3 is 5.32 Å². The van der Waals surface area contributed by atoms with Gasteiger partial charge in [0.25, 0.3) is 5.69 Å². The first-order valence-electron chi connectivity index (χ1n) is 6.15. The van der Waals surface area contributed by atoms with Crippen LogP contribution in [-0.4, -0.2) is 9.91 Å². The first-order chi connectivity index (χ1) is 10.1. The number of benzene rings is 2. The van der Waals surface area contributed by atoms with Crippen molar-refractivity contribution in [3.05, 3.63) is 63.2 Å². The van der Waals surface area contributed by atoms with Crippen molar-refractivity contribution < 1.29 is 4.92 Å². The van der Waals surface area contributed by atoms with Crippen molar-refractivity contribution >= 4 is 44.0 Å². The third-order valence-corrected chi connectivity index (χ3v) is 4.17. The highest BCUT2D eigenvalue weighted by molar-refractivity contribution is 7.22. The van der Waals surface area contributed by atoms with Crippen molar-refractivity contribution in [2.45, 2.75) is 6.54 Å². The number of aromatic nitrogens is 1. The molecule has 1 heterocycles. The van der Waals surface area contributed by atoms with Crippen LogP contribution in [-0.2, 0) is 6.54 Å². The molecule has 0 aliphatic heterocycles. The van der Waals surface area contributed by atoms with Crippen LogP contribution in [0.2, 0.25) is 5.02 Å². The molecule has 1 aromatic heterocycles. The van der Waals surface area contributed by atoms with Gasteiger partial charge in [0.2, 0.25) is 0 Å². The molecular weight excluding hydrogens is 310 g/mol. The Balaban J connectivity index is 1.78. The van der Waals surface area contributed by atoms with E-state index in [-0.39, 0.29) is 5.69 Å². The summed E-state index contributed by atoms with van der Waals surface area (Å²) in [5.74, 6) is 0. The van der Waals surface area contributed by atoms with Gasteiger partial charge in [-0.25, -0.2) is 4.98 Å². The van der Waals surface area contributed by atoms with Gasteiger partial charge in [-0.15, -0.1) is 0 Å². The monoisotopic (exact) mass is 319 g/mol. The normalized spacial score (nSPS) is 10.7. The van der Waals surface area contributed by atoms with Crippen LogP contribution >= 0.6 is 22.9 Å². The van der Waals surface area contributed by atoms with E-state index in [0.717, 1.165) is 20.9 Å². The summed E-state index contributed by atoms with van der Waals surface area (Å²) >= 11 is 7.24. The van der Waals surface area contributed by atoms with Crippen molar-refractivity contribution in [2.75, 3.05) is 5.32 Å². The predicted octanol–water partition coefficient (Wildman–Crippen LogP) is 4.47. The van der Waals surface area contributed by atoms with Crippen molar-refractivity contribution in [3.63, 3.8) is 0 Å². The first kappa shape index (κ1) is 13.8. The minimum atomic E-state index is -0.403. The number of non-ortho nitro benzene ring substituents is 1. The lowest BCUT2D eigenvalue weighted by Crippen LogP contribution is -1.98. The number of nitrogens with zero attached hydrogens (tertiary/aromatic N) is 2. The van der Waals surface area contributed by atoms with Gasteiger partial charge in [0.05, 0.1) is 15.1 Å². The van der Waals surface area contributed by atoms with E-state index in [0.29, 0.717) is 11.6 Å². The third kappa shape index (κ3) is 3.12. The maximum atomic E-state index is 10.8. The minimum absolute atomic E-state index is 0.0791. The van der Waals surface area contributed by atoms with Crippen LogP contribution in [0.3, 0.4) is 0 Å². The van der Waals surface area contributed by atoms with Gasteiger partial charge >= 0.3 is 0 Å². The van der Waals surface area contributed by atoms with Gasteiger partial charge in [0.1, 0.15) is 0 Å². The maximum absolute atomic E-state index is 10.8. The van der Waals surface area contributed by atoms with E-state index < -0.39 is 4.92 Å². The van der Waals surface area contributed by atoms with Crippen molar-refractivity contribution in [1.82, 2.24) is 4.98 Å². The molecule has 0 fully saturated rings. The summed E-state index contributed by atoms with van der Waals surface area (Å²) in [6.07, 6.45) is 0. The van der Waals surface area contributed by atoms with Crippen LogP contribution in [0.15, 0.2) is 42.5 Å². The predicted molar refractivity (Wildman–Crippen MR) is 85.1 cm³/mol. The fraction of sp³-hybridized carbons (Fsp3) is 0.0714. The molecule has 21 heavy (non-hydrogen) atoms. The zero-order valence-corrected chi connectivity index (χ0v) is 12.3. The summed E-state index contributed by atoms with van der Waals surface area (Å²) in [6.45, 7) is 0.624. The number of rotatable bonds is 4. The number of nitro benzene ring substituents is 1. The summed E-state index contributed by atoms with van der Waals surface area (Å²) < 4.78 is 0.794. The Morgan fingerprint density at radius 3 is 2.71 bits per heavy atom. The molecule has 0 amide bonds. The molecule has 106 valence electrons. The highest BCUT2D eigenvalue weighted by Gasteiger charge is 2.10. The largest absolute Gasteiger partial charge is 0.357 e. The summed E-state index contributed by atoms with van der Waals surface area (Å²) in [5.41, 5.74) is 1.92. The van der Waals surface area contributed by atoms with E-state index in [9.17, 15) is 10.1 Å². The first-order valence-corrected chi connectivity index (χ1v) is 7.34. The van der Waals surface area contributed by atoms with E-state index in [1.165, 1.54) is 17.4 Å². The van der Waals surface area contributed by atoms with Gasteiger partial charge in [-0.1, -0.05) is 35.1 Å².